The lowest BCUT2D eigenvalue weighted by Crippen LogP contribution is -2.48. The number of rotatable bonds is 5. The molecule has 1 aliphatic heterocycles. The number of benzene rings is 2. The van der Waals surface area contributed by atoms with E-state index >= 15 is 0 Å². The van der Waals surface area contributed by atoms with Crippen LogP contribution in [0.15, 0.2) is 65.1 Å². The van der Waals surface area contributed by atoms with Crippen LogP contribution in [0.4, 0.5) is 18.9 Å². The van der Waals surface area contributed by atoms with E-state index in [1.54, 1.807) is 4.90 Å². The van der Waals surface area contributed by atoms with E-state index in [0.29, 0.717) is 32.8 Å². The molecule has 32 heavy (non-hydrogen) atoms. The second-order valence-corrected chi connectivity index (χ2v) is 7.42. The largest absolute Gasteiger partial charge is 0.492 e. The van der Waals surface area contributed by atoms with Crippen LogP contribution in [-0.4, -0.2) is 43.6 Å². The van der Waals surface area contributed by atoms with Crippen molar-refractivity contribution in [3.05, 3.63) is 72.0 Å². The van der Waals surface area contributed by atoms with Gasteiger partial charge in [-0.1, -0.05) is 24.3 Å². The third kappa shape index (κ3) is 4.59. The maximum Gasteiger partial charge on any atom is 0.416 e. The molecule has 1 saturated heterocycles. The minimum Gasteiger partial charge on any atom is -0.492 e. The zero-order chi connectivity index (χ0) is 22.7. The average molecular weight is 444 g/mol. The maximum absolute atomic E-state index is 13.0. The van der Waals surface area contributed by atoms with Crippen molar-refractivity contribution in [2.45, 2.75) is 13.1 Å². The summed E-state index contributed by atoms with van der Waals surface area (Å²) in [5.74, 6) is 0.872. The van der Waals surface area contributed by atoms with E-state index in [1.165, 1.54) is 24.3 Å². The van der Waals surface area contributed by atoms with Crippen molar-refractivity contribution in [2.75, 3.05) is 37.7 Å². The Morgan fingerprint density at radius 1 is 1.00 bits per heavy atom. The third-order valence-electron chi connectivity index (χ3n) is 5.36. The number of furan rings is 1. The molecule has 1 amide bonds. The Kier molecular flexibility index (Phi) is 6.12. The molecule has 0 atom stereocenters. The lowest BCUT2D eigenvalue weighted by Gasteiger charge is -2.36. The summed E-state index contributed by atoms with van der Waals surface area (Å²) >= 11 is 0. The summed E-state index contributed by atoms with van der Waals surface area (Å²) < 4.78 is 50.3. The number of hydrogen-bond donors (Lipinski definition) is 0. The van der Waals surface area contributed by atoms with Crippen molar-refractivity contribution in [2.24, 2.45) is 0 Å². The van der Waals surface area contributed by atoms with Gasteiger partial charge in [0.1, 0.15) is 11.5 Å². The molecule has 0 aliphatic carbocycles. The summed E-state index contributed by atoms with van der Waals surface area (Å²) in [7, 11) is 0. The standard InChI is InChI=1S/C24H23F3N2O3/c1-2-31-21-9-4-3-8-19(21)28-12-14-29(15-13-28)23(30)22-11-10-20(32-22)17-6-5-7-18(16-17)24(25,26)27/h3-11,16H,2,12-15H2,1H3. The number of anilines is 1. The van der Waals surface area contributed by atoms with Gasteiger partial charge in [0, 0.05) is 31.7 Å². The number of halogens is 3. The van der Waals surface area contributed by atoms with Crippen molar-refractivity contribution >= 4 is 11.6 Å². The van der Waals surface area contributed by atoms with Gasteiger partial charge in [-0.25, -0.2) is 0 Å². The number of nitrogens with zero attached hydrogens (tertiary/aromatic N) is 2. The number of hydrogen-bond acceptors (Lipinski definition) is 4. The molecule has 1 aromatic heterocycles. The molecule has 0 saturated carbocycles. The number of amides is 1. The highest BCUT2D eigenvalue weighted by Crippen LogP contribution is 2.33. The molecule has 0 N–H and O–H groups in total. The molecule has 1 fully saturated rings. The summed E-state index contributed by atoms with van der Waals surface area (Å²) in [6.07, 6.45) is -4.44. The van der Waals surface area contributed by atoms with Gasteiger partial charge < -0.3 is 19.0 Å². The van der Waals surface area contributed by atoms with Crippen LogP contribution in [0.3, 0.4) is 0 Å². The van der Waals surface area contributed by atoms with Crippen LogP contribution >= 0.6 is 0 Å². The van der Waals surface area contributed by atoms with E-state index in [4.69, 9.17) is 9.15 Å². The van der Waals surface area contributed by atoms with Crippen molar-refractivity contribution in [1.82, 2.24) is 4.90 Å². The van der Waals surface area contributed by atoms with Crippen molar-refractivity contribution in [3.63, 3.8) is 0 Å². The summed E-state index contributed by atoms with van der Waals surface area (Å²) in [4.78, 5) is 16.8. The van der Waals surface area contributed by atoms with E-state index in [0.717, 1.165) is 23.6 Å². The van der Waals surface area contributed by atoms with E-state index < -0.39 is 11.7 Å². The first-order valence-corrected chi connectivity index (χ1v) is 10.4. The normalized spacial score (nSPS) is 14.5. The van der Waals surface area contributed by atoms with Gasteiger partial charge in [-0.3, -0.25) is 4.79 Å². The Bertz CT molecular complexity index is 1090. The Morgan fingerprint density at radius 3 is 2.47 bits per heavy atom. The van der Waals surface area contributed by atoms with Crippen molar-refractivity contribution in [1.29, 1.82) is 0 Å². The monoisotopic (exact) mass is 444 g/mol. The minimum atomic E-state index is -4.44. The van der Waals surface area contributed by atoms with Crippen LogP contribution in [0.1, 0.15) is 23.0 Å². The van der Waals surface area contributed by atoms with Gasteiger partial charge in [-0.15, -0.1) is 0 Å². The van der Waals surface area contributed by atoms with Gasteiger partial charge >= 0.3 is 6.18 Å². The molecule has 0 unspecified atom stereocenters. The fourth-order valence-corrected chi connectivity index (χ4v) is 3.76. The van der Waals surface area contributed by atoms with Crippen LogP contribution in [0.25, 0.3) is 11.3 Å². The first kappa shape index (κ1) is 21.8. The summed E-state index contributed by atoms with van der Waals surface area (Å²) in [5.41, 5.74) is 0.505. The van der Waals surface area contributed by atoms with Crippen molar-refractivity contribution in [3.8, 4) is 17.1 Å². The molecule has 5 nitrogen and oxygen atoms in total. The van der Waals surface area contributed by atoms with E-state index in [1.807, 2.05) is 31.2 Å². The number of alkyl halides is 3. The summed E-state index contributed by atoms with van der Waals surface area (Å²) in [6, 6.07) is 15.7. The van der Waals surface area contributed by atoms with E-state index in [9.17, 15) is 18.0 Å². The zero-order valence-electron chi connectivity index (χ0n) is 17.6. The number of piperazine rings is 1. The predicted octanol–water partition coefficient (Wildman–Crippen LogP) is 5.33. The van der Waals surface area contributed by atoms with Crippen LogP contribution in [-0.2, 0) is 6.18 Å². The average Bonchev–Trinajstić information content (AvgIpc) is 3.29. The fourth-order valence-electron chi connectivity index (χ4n) is 3.76. The molecule has 1 aliphatic rings. The molecule has 3 aromatic rings. The molecule has 8 heteroatoms. The number of ether oxygens (including phenoxy) is 1. The van der Waals surface area contributed by atoms with Crippen LogP contribution in [0.5, 0.6) is 5.75 Å². The van der Waals surface area contributed by atoms with Crippen LogP contribution < -0.4 is 9.64 Å². The molecule has 2 aromatic carbocycles. The molecule has 2 heterocycles. The van der Waals surface area contributed by atoms with Gasteiger partial charge in [0.2, 0.25) is 0 Å². The lowest BCUT2D eigenvalue weighted by molar-refractivity contribution is -0.137. The summed E-state index contributed by atoms with van der Waals surface area (Å²) in [5, 5.41) is 0. The maximum atomic E-state index is 13.0. The van der Waals surface area contributed by atoms with Crippen molar-refractivity contribution < 1.29 is 27.1 Å². The quantitative estimate of drug-likeness (QED) is 0.534. The second kappa shape index (κ2) is 8.98. The topological polar surface area (TPSA) is 45.9 Å². The number of para-hydroxylation sites is 2. The van der Waals surface area contributed by atoms with Crippen LogP contribution in [0, 0.1) is 0 Å². The molecular weight excluding hydrogens is 421 g/mol. The smallest absolute Gasteiger partial charge is 0.416 e. The zero-order valence-corrected chi connectivity index (χ0v) is 17.6. The minimum absolute atomic E-state index is 0.112. The van der Waals surface area contributed by atoms with Gasteiger partial charge in [-0.2, -0.15) is 13.2 Å². The highest BCUT2D eigenvalue weighted by Gasteiger charge is 2.31. The Labute approximate surface area is 184 Å². The molecular formula is C24H23F3N2O3. The molecule has 4 rings (SSSR count). The van der Waals surface area contributed by atoms with Gasteiger partial charge in [0.15, 0.2) is 5.76 Å². The number of carbonyl (C=O) groups excluding carboxylic acids is 1. The molecule has 168 valence electrons. The van der Waals surface area contributed by atoms with Gasteiger partial charge in [0.05, 0.1) is 17.9 Å². The van der Waals surface area contributed by atoms with Gasteiger partial charge in [-0.05, 0) is 43.3 Å². The summed E-state index contributed by atoms with van der Waals surface area (Å²) in [6.45, 7) is 4.78. The number of carbonyl (C=O) groups is 1. The van der Waals surface area contributed by atoms with Gasteiger partial charge in [0.25, 0.3) is 5.91 Å². The molecule has 0 radical (unpaired) electrons. The fraction of sp³-hybridized carbons (Fsp3) is 0.292. The van der Waals surface area contributed by atoms with E-state index in [-0.39, 0.29) is 23.0 Å². The highest BCUT2D eigenvalue weighted by atomic mass is 19.4. The third-order valence-corrected chi connectivity index (χ3v) is 5.36. The Balaban J connectivity index is 1.43. The Morgan fingerprint density at radius 2 is 1.75 bits per heavy atom. The van der Waals surface area contributed by atoms with E-state index in [2.05, 4.69) is 4.90 Å². The first-order chi connectivity index (χ1) is 15.4. The lowest BCUT2D eigenvalue weighted by atomic mass is 10.1. The first-order valence-electron chi connectivity index (χ1n) is 10.4. The Hall–Kier alpha value is -3.42. The molecule has 0 spiro atoms. The second-order valence-electron chi connectivity index (χ2n) is 7.42. The SMILES string of the molecule is CCOc1ccccc1N1CCN(C(=O)c2ccc(-c3cccc(C(F)(F)F)c3)o2)CC1. The predicted molar refractivity (Wildman–Crippen MR) is 115 cm³/mol. The highest BCUT2D eigenvalue weighted by molar-refractivity contribution is 5.92. The molecule has 0 bridgehead atoms. The van der Waals surface area contributed by atoms with Crippen LogP contribution in [0.2, 0.25) is 0 Å².